The van der Waals surface area contributed by atoms with Crippen LogP contribution in [0.4, 0.5) is 0 Å². The minimum atomic E-state index is -0.877. The Morgan fingerprint density at radius 1 is 1.75 bits per heavy atom. The third kappa shape index (κ3) is 3.50. The number of halogens is 1. The minimum Gasteiger partial charge on any atom is -0.480 e. The molecule has 1 aromatic heterocycles. The van der Waals surface area contributed by atoms with Crippen LogP contribution in [0, 0.1) is 6.92 Å². The number of aromatic nitrogens is 2. The third-order valence-electron chi connectivity index (χ3n) is 2.19. The van der Waals surface area contributed by atoms with Gasteiger partial charge in [0.1, 0.15) is 6.04 Å². The predicted octanol–water partition coefficient (Wildman–Crippen LogP) is 1.30. The normalized spacial score (nSPS) is 12.7. The highest BCUT2D eigenvalue weighted by atomic mass is 35.5. The van der Waals surface area contributed by atoms with E-state index in [0.717, 1.165) is 6.42 Å². The Hall–Kier alpha value is -1.07. The molecule has 0 saturated heterocycles. The molecular weight excluding hydrogens is 230 g/mol. The molecule has 90 valence electrons. The summed E-state index contributed by atoms with van der Waals surface area (Å²) < 4.78 is 1.55. The third-order valence-corrected chi connectivity index (χ3v) is 2.57. The van der Waals surface area contributed by atoms with Crippen LogP contribution in [0.1, 0.15) is 19.0 Å². The molecule has 6 heteroatoms. The molecule has 1 aromatic rings. The summed E-state index contributed by atoms with van der Waals surface area (Å²) in [6, 6.07) is -0.629. The van der Waals surface area contributed by atoms with Gasteiger partial charge in [-0.2, -0.15) is 5.10 Å². The Labute approximate surface area is 99.4 Å². The van der Waals surface area contributed by atoms with E-state index in [4.69, 9.17) is 16.7 Å². The van der Waals surface area contributed by atoms with Crippen LogP contribution >= 0.6 is 11.6 Å². The van der Waals surface area contributed by atoms with E-state index in [1.807, 2.05) is 6.92 Å². The van der Waals surface area contributed by atoms with Gasteiger partial charge >= 0.3 is 5.97 Å². The maximum atomic E-state index is 11.0. The molecule has 1 heterocycles. The van der Waals surface area contributed by atoms with E-state index in [1.54, 1.807) is 17.8 Å². The zero-order valence-electron chi connectivity index (χ0n) is 9.40. The van der Waals surface area contributed by atoms with Crippen molar-refractivity contribution >= 4 is 17.6 Å². The van der Waals surface area contributed by atoms with Crippen molar-refractivity contribution < 1.29 is 9.90 Å². The molecule has 1 atom stereocenters. The molecule has 0 bridgehead atoms. The van der Waals surface area contributed by atoms with Crippen molar-refractivity contribution in [1.29, 1.82) is 0 Å². The maximum Gasteiger partial charge on any atom is 0.322 e. The van der Waals surface area contributed by atoms with E-state index in [-0.39, 0.29) is 6.54 Å². The van der Waals surface area contributed by atoms with Crippen molar-refractivity contribution in [3.63, 3.8) is 0 Å². The van der Waals surface area contributed by atoms with Gasteiger partial charge in [-0.15, -0.1) is 0 Å². The van der Waals surface area contributed by atoms with E-state index >= 15 is 0 Å². The molecule has 0 amide bonds. The summed E-state index contributed by atoms with van der Waals surface area (Å²) in [5.74, 6) is -0.877. The maximum absolute atomic E-state index is 11.0. The van der Waals surface area contributed by atoms with Crippen molar-refractivity contribution in [2.45, 2.75) is 32.9 Å². The molecule has 0 fully saturated rings. The first-order chi connectivity index (χ1) is 7.54. The summed E-state index contributed by atoms with van der Waals surface area (Å²) in [7, 11) is 0. The quantitative estimate of drug-likeness (QED) is 0.793. The molecule has 5 nitrogen and oxygen atoms in total. The second kappa shape index (κ2) is 5.86. The van der Waals surface area contributed by atoms with E-state index in [0.29, 0.717) is 17.3 Å². The van der Waals surface area contributed by atoms with E-state index in [1.165, 1.54) is 0 Å². The van der Waals surface area contributed by atoms with E-state index < -0.39 is 12.0 Å². The molecular formula is C10H16ClN3O2. The highest BCUT2D eigenvalue weighted by Gasteiger charge is 2.17. The summed E-state index contributed by atoms with van der Waals surface area (Å²) in [6.07, 6.45) is 2.53. The zero-order valence-corrected chi connectivity index (χ0v) is 10.2. The molecule has 0 aliphatic rings. The number of aliphatic carboxylic acids is 1. The van der Waals surface area contributed by atoms with Crippen LogP contribution in [0.5, 0.6) is 0 Å². The number of hydrogen-bond acceptors (Lipinski definition) is 3. The van der Waals surface area contributed by atoms with Crippen LogP contribution in [-0.2, 0) is 11.3 Å². The van der Waals surface area contributed by atoms with Crippen LogP contribution in [0.15, 0.2) is 6.20 Å². The number of nitrogens with zero attached hydrogens (tertiary/aromatic N) is 2. The molecule has 1 rings (SSSR count). The molecule has 0 aromatic carbocycles. The lowest BCUT2D eigenvalue weighted by Gasteiger charge is -2.13. The second-order valence-corrected chi connectivity index (χ2v) is 4.04. The number of hydrogen-bond donors (Lipinski definition) is 2. The molecule has 0 radical (unpaired) electrons. The van der Waals surface area contributed by atoms with Gasteiger partial charge in [-0.25, -0.2) is 0 Å². The van der Waals surface area contributed by atoms with Gasteiger partial charge in [0.25, 0.3) is 0 Å². The van der Waals surface area contributed by atoms with Gasteiger partial charge in [-0.05, 0) is 19.9 Å². The fraction of sp³-hybridized carbons (Fsp3) is 0.600. The Balaban J connectivity index is 2.64. The number of aryl methyl sites for hydroxylation is 1. The number of carbonyl (C=O) groups is 1. The fourth-order valence-electron chi connectivity index (χ4n) is 1.32. The first kappa shape index (κ1) is 13.0. The van der Waals surface area contributed by atoms with Gasteiger partial charge in [0.2, 0.25) is 0 Å². The van der Waals surface area contributed by atoms with Gasteiger partial charge in [0.05, 0.1) is 17.3 Å². The zero-order chi connectivity index (χ0) is 12.1. The first-order valence-corrected chi connectivity index (χ1v) is 5.58. The molecule has 0 saturated carbocycles. The molecule has 16 heavy (non-hydrogen) atoms. The predicted molar refractivity (Wildman–Crippen MR) is 61.7 cm³/mol. The highest BCUT2D eigenvalue weighted by molar-refractivity contribution is 6.31. The van der Waals surface area contributed by atoms with E-state index in [2.05, 4.69) is 10.4 Å². The second-order valence-electron chi connectivity index (χ2n) is 3.63. The van der Waals surface area contributed by atoms with Crippen LogP contribution in [0.25, 0.3) is 0 Å². The standard InChI is InChI=1S/C10H16ClN3O2/c1-3-4-12-9(10(15)16)6-14-5-8(11)7(2)13-14/h5,9,12H,3-4,6H2,1-2H3,(H,15,16). The van der Waals surface area contributed by atoms with Gasteiger partial charge in [-0.3, -0.25) is 9.48 Å². The Bertz CT molecular complexity index is 345. The lowest BCUT2D eigenvalue weighted by atomic mass is 10.3. The van der Waals surface area contributed by atoms with Crippen molar-refractivity contribution in [3.8, 4) is 0 Å². The summed E-state index contributed by atoms with van der Waals surface area (Å²) in [4.78, 5) is 11.0. The van der Waals surface area contributed by atoms with Crippen molar-refractivity contribution in [3.05, 3.63) is 16.9 Å². The van der Waals surface area contributed by atoms with E-state index in [9.17, 15) is 4.79 Å². The van der Waals surface area contributed by atoms with Crippen molar-refractivity contribution in [2.75, 3.05) is 6.54 Å². The van der Waals surface area contributed by atoms with Crippen molar-refractivity contribution in [1.82, 2.24) is 15.1 Å². The van der Waals surface area contributed by atoms with Crippen molar-refractivity contribution in [2.24, 2.45) is 0 Å². The van der Waals surface area contributed by atoms with Gasteiger partial charge in [0, 0.05) is 6.20 Å². The van der Waals surface area contributed by atoms with Crippen LogP contribution in [0.2, 0.25) is 5.02 Å². The summed E-state index contributed by atoms with van der Waals surface area (Å²) >= 11 is 5.85. The van der Waals surface area contributed by atoms with Crippen LogP contribution in [0.3, 0.4) is 0 Å². The van der Waals surface area contributed by atoms with Crippen LogP contribution < -0.4 is 5.32 Å². The number of rotatable bonds is 6. The molecule has 0 aliphatic carbocycles. The number of nitrogens with one attached hydrogen (secondary N) is 1. The summed E-state index contributed by atoms with van der Waals surface area (Å²) in [6.45, 7) is 4.72. The average Bonchev–Trinajstić information content (AvgIpc) is 2.52. The topological polar surface area (TPSA) is 67.2 Å². The summed E-state index contributed by atoms with van der Waals surface area (Å²) in [5.41, 5.74) is 0.710. The molecule has 0 spiro atoms. The van der Waals surface area contributed by atoms with Gasteiger partial charge < -0.3 is 10.4 Å². The lowest BCUT2D eigenvalue weighted by Crippen LogP contribution is -2.40. The Kier molecular flexibility index (Phi) is 4.76. The monoisotopic (exact) mass is 245 g/mol. The Morgan fingerprint density at radius 3 is 2.88 bits per heavy atom. The summed E-state index contributed by atoms with van der Waals surface area (Å²) in [5, 5.41) is 16.6. The molecule has 0 aliphatic heterocycles. The molecule has 1 unspecified atom stereocenters. The van der Waals surface area contributed by atoms with Gasteiger partial charge in [0.15, 0.2) is 0 Å². The Morgan fingerprint density at radius 2 is 2.44 bits per heavy atom. The SMILES string of the molecule is CCCNC(Cn1cc(Cl)c(C)n1)C(=O)O. The minimum absolute atomic E-state index is 0.281. The fourth-order valence-corrected chi connectivity index (χ4v) is 1.47. The first-order valence-electron chi connectivity index (χ1n) is 5.20. The smallest absolute Gasteiger partial charge is 0.322 e. The molecule has 2 N–H and O–H groups in total. The lowest BCUT2D eigenvalue weighted by molar-refractivity contribution is -0.139. The number of carboxylic acids is 1. The van der Waals surface area contributed by atoms with Gasteiger partial charge in [-0.1, -0.05) is 18.5 Å². The number of carboxylic acid groups (broad SMARTS) is 1. The van der Waals surface area contributed by atoms with Crippen LogP contribution in [-0.4, -0.2) is 33.4 Å². The average molecular weight is 246 g/mol. The largest absolute Gasteiger partial charge is 0.480 e. The highest BCUT2D eigenvalue weighted by Crippen LogP contribution is 2.12.